The molecule has 3 heteroatoms. The lowest BCUT2D eigenvalue weighted by Crippen LogP contribution is -1.95. The van der Waals surface area contributed by atoms with Crippen molar-refractivity contribution in [3.05, 3.63) is 46.2 Å². The summed E-state index contributed by atoms with van der Waals surface area (Å²) in [6.45, 7) is 3.70. The van der Waals surface area contributed by atoms with Gasteiger partial charge in [-0.3, -0.25) is 0 Å². The topological polar surface area (TPSA) is 43.4 Å². The fourth-order valence-corrected chi connectivity index (χ4v) is 1.41. The predicted molar refractivity (Wildman–Crippen MR) is 52.2 cm³/mol. The smallest absolute Gasteiger partial charge is 0.336 e. The molecule has 0 amide bonds. The molecule has 0 N–H and O–H groups in total. The number of aryl methyl sites for hydroxylation is 2. The Labute approximate surface area is 81.0 Å². The van der Waals surface area contributed by atoms with Crippen molar-refractivity contribution in [1.29, 1.82) is 0 Å². The van der Waals surface area contributed by atoms with Gasteiger partial charge in [0.15, 0.2) is 0 Å². The zero-order valence-corrected chi connectivity index (χ0v) is 8.03. The Bertz CT molecular complexity index is 505. The Morgan fingerprint density at radius 2 is 1.93 bits per heavy atom. The van der Waals surface area contributed by atoms with E-state index in [4.69, 9.17) is 8.83 Å². The first kappa shape index (κ1) is 8.81. The third kappa shape index (κ3) is 1.48. The Kier molecular flexibility index (Phi) is 2.00. The maximum absolute atomic E-state index is 11.0. The zero-order chi connectivity index (χ0) is 10.1. The van der Waals surface area contributed by atoms with Gasteiger partial charge in [-0.2, -0.15) is 0 Å². The summed E-state index contributed by atoms with van der Waals surface area (Å²) in [5, 5.41) is 0. The van der Waals surface area contributed by atoms with E-state index >= 15 is 0 Å². The second kappa shape index (κ2) is 3.18. The van der Waals surface area contributed by atoms with Crippen molar-refractivity contribution in [2.75, 3.05) is 0 Å². The molecule has 14 heavy (non-hydrogen) atoms. The largest absolute Gasteiger partial charge is 0.466 e. The van der Waals surface area contributed by atoms with E-state index < -0.39 is 0 Å². The molecule has 0 fully saturated rings. The van der Waals surface area contributed by atoms with Crippen LogP contribution in [0.4, 0.5) is 0 Å². The minimum Gasteiger partial charge on any atom is -0.466 e. The quantitative estimate of drug-likeness (QED) is 0.693. The third-order valence-electron chi connectivity index (χ3n) is 2.00. The van der Waals surface area contributed by atoms with Crippen LogP contribution in [0.15, 0.2) is 37.9 Å². The monoisotopic (exact) mass is 190 g/mol. The van der Waals surface area contributed by atoms with Gasteiger partial charge in [-0.15, -0.1) is 0 Å². The molecule has 2 heterocycles. The molecule has 2 aromatic heterocycles. The minimum absolute atomic E-state index is 0.347. The van der Waals surface area contributed by atoms with Crippen LogP contribution in [0.5, 0.6) is 0 Å². The van der Waals surface area contributed by atoms with Gasteiger partial charge in [0.05, 0.1) is 5.56 Å². The number of rotatable bonds is 1. The highest BCUT2D eigenvalue weighted by Crippen LogP contribution is 2.24. The lowest BCUT2D eigenvalue weighted by molar-refractivity contribution is 0.498. The average molecular weight is 190 g/mol. The molecule has 0 aliphatic carbocycles. The fourth-order valence-electron chi connectivity index (χ4n) is 1.41. The van der Waals surface area contributed by atoms with Crippen LogP contribution in [0, 0.1) is 13.8 Å². The minimum atomic E-state index is -0.347. The van der Waals surface area contributed by atoms with E-state index in [9.17, 15) is 4.79 Å². The Balaban J connectivity index is 2.59. The molecule has 2 aromatic rings. The van der Waals surface area contributed by atoms with E-state index in [-0.39, 0.29) is 5.63 Å². The molecule has 72 valence electrons. The molecular formula is C11H10O3. The van der Waals surface area contributed by atoms with E-state index in [1.54, 1.807) is 12.1 Å². The lowest BCUT2D eigenvalue weighted by atomic mass is 10.2. The molecule has 2 rings (SSSR count). The molecule has 0 aliphatic heterocycles. The maximum Gasteiger partial charge on any atom is 0.336 e. The van der Waals surface area contributed by atoms with Gasteiger partial charge in [-0.05, 0) is 26.0 Å². The highest BCUT2D eigenvalue weighted by atomic mass is 16.4. The maximum atomic E-state index is 11.0. The van der Waals surface area contributed by atoms with Gasteiger partial charge in [0.2, 0.25) is 0 Å². The highest BCUT2D eigenvalue weighted by molar-refractivity contribution is 5.59. The molecule has 0 saturated heterocycles. The highest BCUT2D eigenvalue weighted by Gasteiger charge is 2.08. The first-order valence-electron chi connectivity index (χ1n) is 4.34. The summed E-state index contributed by atoms with van der Waals surface area (Å²) in [5.41, 5.74) is 0.487. The van der Waals surface area contributed by atoms with Crippen molar-refractivity contribution in [1.82, 2.24) is 0 Å². The van der Waals surface area contributed by atoms with E-state index in [0.29, 0.717) is 5.76 Å². The van der Waals surface area contributed by atoms with Crippen LogP contribution >= 0.6 is 0 Å². The molecule has 0 radical (unpaired) electrons. The van der Waals surface area contributed by atoms with Crippen molar-refractivity contribution in [2.24, 2.45) is 0 Å². The van der Waals surface area contributed by atoms with Crippen LogP contribution in [0.3, 0.4) is 0 Å². The van der Waals surface area contributed by atoms with Crippen molar-refractivity contribution < 1.29 is 8.83 Å². The molecular weight excluding hydrogens is 180 g/mol. The number of hydrogen-bond acceptors (Lipinski definition) is 3. The first-order chi connectivity index (χ1) is 6.66. The van der Waals surface area contributed by atoms with Crippen LogP contribution in [-0.2, 0) is 0 Å². The molecule has 0 bridgehead atoms. The lowest BCUT2D eigenvalue weighted by Gasteiger charge is -1.95. The van der Waals surface area contributed by atoms with Crippen molar-refractivity contribution in [3.8, 4) is 11.3 Å². The molecule has 0 atom stereocenters. The van der Waals surface area contributed by atoms with E-state index in [1.807, 2.05) is 19.9 Å². The van der Waals surface area contributed by atoms with Gasteiger partial charge in [0, 0.05) is 6.07 Å². The first-order valence-corrected chi connectivity index (χ1v) is 4.34. The summed E-state index contributed by atoms with van der Waals surface area (Å²) in [6.07, 6.45) is 0. The van der Waals surface area contributed by atoms with Gasteiger partial charge in [-0.25, -0.2) is 4.79 Å². The summed E-state index contributed by atoms with van der Waals surface area (Å²) in [7, 11) is 0. The second-order valence-electron chi connectivity index (χ2n) is 3.14. The molecule has 0 saturated carbocycles. The second-order valence-corrected chi connectivity index (χ2v) is 3.14. The molecule has 0 aliphatic rings. The summed E-state index contributed by atoms with van der Waals surface area (Å²) >= 11 is 0. The van der Waals surface area contributed by atoms with E-state index in [1.165, 1.54) is 6.07 Å². The summed E-state index contributed by atoms with van der Waals surface area (Å²) in [5.74, 6) is 2.12. The van der Waals surface area contributed by atoms with Crippen LogP contribution < -0.4 is 5.63 Å². The van der Waals surface area contributed by atoms with E-state index in [2.05, 4.69) is 0 Å². The standard InChI is InChI=1S/C11H10O3/c1-7-6-9(8(2)13-7)10-4-3-5-11(12)14-10/h3-6H,1-2H3. The van der Waals surface area contributed by atoms with Crippen LogP contribution in [0.25, 0.3) is 11.3 Å². The van der Waals surface area contributed by atoms with Gasteiger partial charge >= 0.3 is 5.63 Å². The van der Waals surface area contributed by atoms with Crippen LogP contribution in [-0.4, -0.2) is 0 Å². The fraction of sp³-hybridized carbons (Fsp3) is 0.182. The third-order valence-corrected chi connectivity index (χ3v) is 2.00. The van der Waals surface area contributed by atoms with Gasteiger partial charge in [0.1, 0.15) is 17.3 Å². The predicted octanol–water partition coefficient (Wildman–Crippen LogP) is 2.52. The summed E-state index contributed by atoms with van der Waals surface area (Å²) < 4.78 is 10.4. The van der Waals surface area contributed by atoms with Crippen molar-refractivity contribution in [2.45, 2.75) is 13.8 Å². The number of furan rings is 1. The summed E-state index contributed by atoms with van der Waals surface area (Å²) in [6, 6.07) is 6.65. The van der Waals surface area contributed by atoms with Gasteiger partial charge in [-0.1, -0.05) is 6.07 Å². The average Bonchev–Trinajstić information content (AvgIpc) is 2.45. The molecule has 0 aromatic carbocycles. The number of hydrogen-bond donors (Lipinski definition) is 0. The van der Waals surface area contributed by atoms with Gasteiger partial charge < -0.3 is 8.83 Å². The van der Waals surface area contributed by atoms with Crippen LogP contribution in [0.2, 0.25) is 0 Å². The SMILES string of the molecule is Cc1cc(-c2cccc(=O)o2)c(C)o1. The molecule has 3 nitrogen and oxygen atoms in total. The van der Waals surface area contributed by atoms with Crippen molar-refractivity contribution in [3.63, 3.8) is 0 Å². The normalized spacial score (nSPS) is 10.4. The Hall–Kier alpha value is -1.77. The Morgan fingerprint density at radius 1 is 1.14 bits per heavy atom. The Morgan fingerprint density at radius 3 is 2.50 bits per heavy atom. The van der Waals surface area contributed by atoms with E-state index in [0.717, 1.165) is 17.1 Å². The summed E-state index contributed by atoms with van der Waals surface area (Å²) in [4.78, 5) is 11.0. The molecule has 0 spiro atoms. The molecule has 0 unspecified atom stereocenters. The van der Waals surface area contributed by atoms with Crippen LogP contribution in [0.1, 0.15) is 11.5 Å². The van der Waals surface area contributed by atoms with Gasteiger partial charge in [0.25, 0.3) is 0 Å². The zero-order valence-electron chi connectivity index (χ0n) is 8.03. The van der Waals surface area contributed by atoms with Crippen molar-refractivity contribution >= 4 is 0 Å².